The minimum atomic E-state index is -0.628. The van der Waals surface area contributed by atoms with Crippen LogP contribution in [0.2, 0.25) is 10.0 Å². The number of rotatable bonds is 6. The predicted molar refractivity (Wildman–Crippen MR) is 120 cm³/mol. The summed E-state index contributed by atoms with van der Waals surface area (Å²) in [6, 6.07) is 12.7. The summed E-state index contributed by atoms with van der Waals surface area (Å²) in [4.78, 5) is 16.8. The summed E-state index contributed by atoms with van der Waals surface area (Å²) < 4.78 is 0. The Hall–Kier alpha value is -1.79. The first-order valence-corrected chi connectivity index (χ1v) is 10.6. The topological polar surface area (TPSA) is 54.0 Å². The molecule has 3 aromatic rings. The van der Waals surface area contributed by atoms with Gasteiger partial charge in [-0.25, -0.2) is 4.98 Å². The van der Waals surface area contributed by atoms with E-state index in [2.05, 4.69) is 15.6 Å². The van der Waals surface area contributed by atoms with Crippen LogP contribution < -0.4 is 10.6 Å². The van der Waals surface area contributed by atoms with Gasteiger partial charge < -0.3 is 10.6 Å². The van der Waals surface area contributed by atoms with Crippen LogP contribution in [0.25, 0.3) is 11.3 Å². The fraction of sp³-hybridized carbons (Fsp3) is 0.200. The Balaban J connectivity index is 1.71. The van der Waals surface area contributed by atoms with Gasteiger partial charge in [-0.2, -0.15) is 0 Å². The van der Waals surface area contributed by atoms with Crippen molar-refractivity contribution in [1.82, 2.24) is 4.98 Å². The number of carbonyl (C=O) groups excluding carboxylic acids is 1. The number of carbonyl (C=O) groups is 1. The van der Waals surface area contributed by atoms with Crippen LogP contribution in [0.5, 0.6) is 0 Å². The van der Waals surface area contributed by atoms with Gasteiger partial charge >= 0.3 is 0 Å². The Kier molecular flexibility index (Phi) is 6.50. The number of nitrogens with one attached hydrogen (secondary N) is 2. The summed E-state index contributed by atoms with van der Waals surface area (Å²) in [6.07, 6.45) is 0. The second kappa shape index (κ2) is 8.70. The molecule has 0 aliphatic heterocycles. The quantitative estimate of drug-likeness (QED) is 0.392. The predicted octanol–water partition coefficient (Wildman–Crippen LogP) is 7.06. The lowest BCUT2D eigenvalue weighted by Gasteiger charge is -2.20. The third kappa shape index (κ3) is 4.97. The van der Waals surface area contributed by atoms with Crippen molar-refractivity contribution in [3.63, 3.8) is 0 Å². The molecule has 0 radical (unpaired) electrons. The highest BCUT2D eigenvalue weighted by Crippen LogP contribution is 2.32. The Morgan fingerprint density at radius 2 is 1.86 bits per heavy atom. The minimum Gasteiger partial charge on any atom is -0.330 e. The number of hydrogen-bond acceptors (Lipinski definition) is 4. The zero-order valence-corrected chi connectivity index (χ0v) is 18.3. The molecule has 0 bridgehead atoms. The van der Waals surface area contributed by atoms with Crippen molar-refractivity contribution in [2.45, 2.75) is 13.8 Å². The molecule has 0 aliphatic rings. The molecule has 0 fully saturated rings. The fourth-order valence-electron chi connectivity index (χ4n) is 2.26. The SMILES string of the molecule is CC(C)(CCl)C(=O)Nc1ccc(-c2csc(Nc3cc(Cl)ccc3Cl)n2)cc1. The highest BCUT2D eigenvalue weighted by molar-refractivity contribution is 7.14. The largest absolute Gasteiger partial charge is 0.330 e. The molecule has 4 nitrogen and oxygen atoms in total. The molecule has 0 saturated heterocycles. The summed E-state index contributed by atoms with van der Waals surface area (Å²) in [6.45, 7) is 3.61. The van der Waals surface area contributed by atoms with Crippen molar-refractivity contribution in [3.05, 3.63) is 57.9 Å². The lowest BCUT2D eigenvalue weighted by molar-refractivity contribution is -0.122. The first-order chi connectivity index (χ1) is 13.3. The molecular formula is C20H18Cl3N3OS. The maximum absolute atomic E-state index is 12.2. The highest BCUT2D eigenvalue weighted by atomic mass is 35.5. The van der Waals surface area contributed by atoms with Gasteiger partial charge in [0.05, 0.1) is 21.8 Å². The van der Waals surface area contributed by atoms with Crippen LogP contribution in [-0.2, 0) is 4.79 Å². The lowest BCUT2D eigenvalue weighted by Crippen LogP contribution is -2.32. The van der Waals surface area contributed by atoms with Gasteiger partial charge in [-0.3, -0.25) is 4.79 Å². The van der Waals surface area contributed by atoms with Crippen molar-refractivity contribution < 1.29 is 4.79 Å². The van der Waals surface area contributed by atoms with Crippen LogP contribution in [0.3, 0.4) is 0 Å². The average Bonchev–Trinajstić information content (AvgIpc) is 3.14. The van der Waals surface area contributed by atoms with Gasteiger partial charge in [-0.05, 0) is 44.2 Å². The van der Waals surface area contributed by atoms with Gasteiger partial charge in [-0.1, -0.05) is 35.3 Å². The van der Waals surface area contributed by atoms with Crippen LogP contribution in [0.4, 0.5) is 16.5 Å². The second-order valence-corrected chi connectivity index (χ2v) is 8.81. The van der Waals surface area contributed by atoms with E-state index in [1.165, 1.54) is 11.3 Å². The molecule has 3 rings (SSSR count). The fourth-order valence-corrected chi connectivity index (χ4v) is 3.45. The monoisotopic (exact) mass is 453 g/mol. The lowest BCUT2D eigenvalue weighted by atomic mass is 9.95. The summed E-state index contributed by atoms with van der Waals surface area (Å²) in [5.41, 5.74) is 2.55. The number of halogens is 3. The zero-order chi connectivity index (χ0) is 20.3. The molecule has 0 unspecified atom stereocenters. The molecular weight excluding hydrogens is 437 g/mol. The van der Waals surface area contributed by atoms with Crippen molar-refractivity contribution in [2.75, 3.05) is 16.5 Å². The molecule has 0 atom stereocenters. The van der Waals surface area contributed by atoms with Crippen LogP contribution in [0.15, 0.2) is 47.8 Å². The Bertz CT molecular complexity index is 987. The number of thiazole rings is 1. The molecule has 146 valence electrons. The maximum atomic E-state index is 12.2. The van der Waals surface area contributed by atoms with Gasteiger partial charge in [0.2, 0.25) is 5.91 Å². The number of anilines is 3. The van der Waals surface area contributed by atoms with E-state index in [1.54, 1.807) is 32.0 Å². The average molecular weight is 455 g/mol. The van der Waals surface area contributed by atoms with Crippen LogP contribution in [0.1, 0.15) is 13.8 Å². The van der Waals surface area contributed by atoms with Crippen molar-refractivity contribution in [3.8, 4) is 11.3 Å². The Morgan fingerprint density at radius 3 is 2.54 bits per heavy atom. The van der Waals surface area contributed by atoms with Crippen LogP contribution in [0, 0.1) is 5.41 Å². The molecule has 2 aromatic carbocycles. The van der Waals surface area contributed by atoms with E-state index in [-0.39, 0.29) is 11.8 Å². The number of alkyl halides is 1. The van der Waals surface area contributed by atoms with E-state index in [0.717, 1.165) is 11.3 Å². The van der Waals surface area contributed by atoms with E-state index in [4.69, 9.17) is 34.8 Å². The molecule has 1 aromatic heterocycles. The van der Waals surface area contributed by atoms with E-state index in [9.17, 15) is 4.79 Å². The van der Waals surface area contributed by atoms with Gasteiger partial charge in [0.25, 0.3) is 0 Å². The first kappa shape index (κ1) is 20.9. The minimum absolute atomic E-state index is 0.117. The molecule has 0 spiro atoms. The molecule has 2 N–H and O–H groups in total. The van der Waals surface area contributed by atoms with Crippen molar-refractivity contribution >= 4 is 68.6 Å². The molecule has 28 heavy (non-hydrogen) atoms. The summed E-state index contributed by atoms with van der Waals surface area (Å²) >= 11 is 19.5. The normalized spacial score (nSPS) is 11.3. The standard InChI is InChI=1S/C20H18Cl3N3OS/c1-20(2,11-21)18(27)24-14-6-3-12(4-7-14)17-10-28-19(26-17)25-16-9-13(22)5-8-15(16)23/h3-10H,11H2,1-2H3,(H,24,27)(H,25,26). The number of benzene rings is 2. The summed E-state index contributed by atoms with van der Waals surface area (Å²) in [5, 5.41) is 9.89. The molecule has 1 amide bonds. The van der Waals surface area contributed by atoms with E-state index in [1.807, 2.05) is 29.6 Å². The highest BCUT2D eigenvalue weighted by Gasteiger charge is 2.26. The van der Waals surface area contributed by atoms with Gasteiger partial charge in [0, 0.05) is 27.5 Å². The zero-order valence-electron chi connectivity index (χ0n) is 15.2. The van der Waals surface area contributed by atoms with E-state index >= 15 is 0 Å². The number of hydrogen-bond donors (Lipinski definition) is 2. The Morgan fingerprint density at radius 1 is 1.14 bits per heavy atom. The summed E-state index contributed by atoms with van der Waals surface area (Å²) in [5.74, 6) is 0.135. The number of nitrogens with zero attached hydrogens (tertiary/aromatic N) is 1. The molecule has 0 aliphatic carbocycles. The first-order valence-electron chi connectivity index (χ1n) is 8.44. The second-order valence-electron chi connectivity index (χ2n) is 6.84. The molecule has 0 saturated carbocycles. The third-order valence-electron chi connectivity index (χ3n) is 4.06. The van der Waals surface area contributed by atoms with Crippen LogP contribution in [-0.4, -0.2) is 16.8 Å². The smallest absolute Gasteiger partial charge is 0.231 e. The van der Waals surface area contributed by atoms with E-state index < -0.39 is 5.41 Å². The third-order valence-corrected chi connectivity index (χ3v) is 6.05. The van der Waals surface area contributed by atoms with Crippen molar-refractivity contribution in [1.29, 1.82) is 0 Å². The van der Waals surface area contributed by atoms with Crippen LogP contribution >= 0.6 is 46.1 Å². The van der Waals surface area contributed by atoms with Gasteiger partial charge in [0.15, 0.2) is 5.13 Å². The molecule has 1 heterocycles. The van der Waals surface area contributed by atoms with Gasteiger partial charge in [-0.15, -0.1) is 22.9 Å². The van der Waals surface area contributed by atoms with Crippen molar-refractivity contribution in [2.24, 2.45) is 5.41 Å². The van der Waals surface area contributed by atoms with E-state index in [0.29, 0.717) is 26.6 Å². The maximum Gasteiger partial charge on any atom is 0.231 e. The summed E-state index contributed by atoms with van der Waals surface area (Å²) in [7, 11) is 0. The van der Waals surface area contributed by atoms with Gasteiger partial charge in [0.1, 0.15) is 0 Å². The Labute approximate surface area is 182 Å². The number of aromatic nitrogens is 1. The number of amides is 1. The molecule has 8 heteroatoms.